The number of amides is 1. The van der Waals surface area contributed by atoms with Gasteiger partial charge < -0.3 is 5.32 Å². The van der Waals surface area contributed by atoms with Crippen LogP contribution in [0.4, 0.5) is 0 Å². The van der Waals surface area contributed by atoms with Gasteiger partial charge in [-0.2, -0.15) is 0 Å². The van der Waals surface area contributed by atoms with Crippen LogP contribution < -0.4 is 5.32 Å². The molecule has 0 radical (unpaired) electrons. The van der Waals surface area contributed by atoms with Crippen molar-refractivity contribution in [2.75, 3.05) is 0 Å². The molecule has 0 aliphatic carbocycles. The van der Waals surface area contributed by atoms with Crippen molar-refractivity contribution in [2.24, 2.45) is 0 Å². The molecule has 106 valence electrons. The Morgan fingerprint density at radius 2 is 1.59 bits per heavy atom. The molecule has 2 heteroatoms. The number of rotatable bonds is 2. The maximum absolute atomic E-state index is 11.8. The van der Waals surface area contributed by atoms with Crippen molar-refractivity contribution in [3.05, 3.63) is 83.9 Å². The van der Waals surface area contributed by atoms with Gasteiger partial charge in [0, 0.05) is 18.0 Å². The van der Waals surface area contributed by atoms with Crippen molar-refractivity contribution < 1.29 is 4.79 Å². The lowest BCUT2D eigenvalue weighted by Crippen LogP contribution is -2.20. The lowest BCUT2D eigenvalue weighted by Gasteiger charge is -2.06. The summed E-state index contributed by atoms with van der Waals surface area (Å²) in [6.45, 7) is 0.476. The van der Waals surface area contributed by atoms with Gasteiger partial charge >= 0.3 is 0 Å². The van der Waals surface area contributed by atoms with Gasteiger partial charge in [-0.1, -0.05) is 66.6 Å². The number of carbonyl (C=O) groups excluding carboxylic acids is 1. The average Bonchev–Trinajstić information content (AvgIpc) is 2.59. The molecular formula is C20H15NO. The number of fused-ring (bicyclic) bond motifs is 1. The summed E-state index contributed by atoms with van der Waals surface area (Å²) in [5.41, 5.74) is 1.93. The van der Waals surface area contributed by atoms with Gasteiger partial charge in [-0.3, -0.25) is 4.79 Å². The second-order valence-electron chi connectivity index (χ2n) is 4.94. The van der Waals surface area contributed by atoms with Gasteiger partial charge in [-0.25, -0.2) is 0 Å². The standard InChI is InChI=1S/C20H15NO/c22-20(14-13-16-7-2-1-3-8-16)21-15-18-11-6-10-17-9-4-5-12-19(17)18/h1-12H,15H2,(H,21,22). The molecule has 0 aromatic heterocycles. The monoisotopic (exact) mass is 285 g/mol. The van der Waals surface area contributed by atoms with Crippen molar-refractivity contribution in [3.63, 3.8) is 0 Å². The first kappa shape index (κ1) is 13.9. The molecule has 0 spiro atoms. The molecule has 0 fully saturated rings. The molecular weight excluding hydrogens is 270 g/mol. The molecule has 22 heavy (non-hydrogen) atoms. The highest BCUT2D eigenvalue weighted by Gasteiger charge is 2.01. The zero-order chi connectivity index (χ0) is 15.2. The Balaban J connectivity index is 1.70. The summed E-state index contributed by atoms with van der Waals surface area (Å²) >= 11 is 0. The minimum atomic E-state index is -0.267. The molecule has 0 aliphatic rings. The molecule has 3 aromatic rings. The summed E-state index contributed by atoms with van der Waals surface area (Å²) in [6, 6.07) is 23.7. The van der Waals surface area contributed by atoms with Crippen LogP contribution in [0, 0.1) is 11.8 Å². The molecule has 0 saturated heterocycles. The Hall–Kier alpha value is -3.05. The van der Waals surface area contributed by atoms with Gasteiger partial charge in [0.25, 0.3) is 5.91 Å². The largest absolute Gasteiger partial charge is 0.341 e. The van der Waals surface area contributed by atoms with Crippen LogP contribution in [0.3, 0.4) is 0 Å². The van der Waals surface area contributed by atoms with Crippen LogP contribution in [0.15, 0.2) is 72.8 Å². The Morgan fingerprint density at radius 3 is 2.45 bits per heavy atom. The number of carbonyl (C=O) groups is 1. The van der Waals surface area contributed by atoms with Crippen LogP contribution in [0.5, 0.6) is 0 Å². The van der Waals surface area contributed by atoms with Crippen molar-refractivity contribution in [3.8, 4) is 11.8 Å². The fourth-order valence-corrected chi connectivity index (χ4v) is 2.32. The van der Waals surface area contributed by atoms with Crippen LogP contribution in [-0.2, 0) is 11.3 Å². The highest BCUT2D eigenvalue weighted by Crippen LogP contribution is 2.18. The van der Waals surface area contributed by atoms with Crippen molar-refractivity contribution >= 4 is 16.7 Å². The molecule has 3 aromatic carbocycles. The summed E-state index contributed by atoms with van der Waals surface area (Å²) in [6.07, 6.45) is 0. The van der Waals surface area contributed by atoms with Gasteiger partial charge in [-0.05, 0) is 28.5 Å². The second-order valence-corrected chi connectivity index (χ2v) is 4.94. The van der Waals surface area contributed by atoms with Crippen LogP contribution in [-0.4, -0.2) is 5.91 Å². The third-order valence-electron chi connectivity index (χ3n) is 3.41. The molecule has 2 nitrogen and oxygen atoms in total. The molecule has 0 aliphatic heterocycles. The van der Waals surface area contributed by atoms with Crippen molar-refractivity contribution in [1.29, 1.82) is 0 Å². The van der Waals surface area contributed by atoms with Gasteiger partial charge in [0.15, 0.2) is 0 Å². The molecule has 0 saturated carbocycles. The van der Waals surface area contributed by atoms with E-state index in [0.717, 1.165) is 16.5 Å². The second kappa shape index (κ2) is 6.60. The first-order chi connectivity index (χ1) is 10.8. The van der Waals surface area contributed by atoms with E-state index in [1.165, 1.54) is 5.39 Å². The van der Waals surface area contributed by atoms with Gasteiger partial charge in [-0.15, -0.1) is 0 Å². The van der Waals surface area contributed by atoms with Crippen molar-refractivity contribution in [2.45, 2.75) is 6.54 Å². The fourth-order valence-electron chi connectivity index (χ4n) is 2.32. The molecule has 0 bridgehead atoms. The van der Waals surface area contributed by atoms with Crippen LogP contribution in [0.1, 0.15) is 11.1 Å². The lowest BCUT2D eigenvalue weighted by atomic mass is 10.0. The molecule has 0 atom stereocenters. The third-order valence-corrected chi connectivity index (χ3v) is 3.41. The summed E-state index contributed by atoms with van der Waals surface area (Å²) in [7, 11) is 0. The number of hydrogen-bond donors (Lipinski definition) is 1. The fraction of sp³-hybridized carbons (Fsp3) is 0.0500. The molecule has 0 heterocycles. The van der Waals surface area contributed by atoms with E-state index in [2.05, 4.69) is 35.4 Å². The van der Waals surface area contributed by atoms with E-state index < -0.39 is 0 Å². The number of hydrogen-bond acceptors (Lipinski definition) is 1. The quantitative estimate of drug-likeness (QED) is 0.717. The lowest BCUT2D eigenvalue weighted by molar-refractivity contribution is -0.115. The molecule has 1 amide bonds. The Labute approximate surface area is 129 Å². The smallest absolute Gasteiger partial charge is 0.296 e. The Morgan fingerprint density at radius 1 is 0.864 bits per heavy atom. The van der Waals surface area contributed by atoms with E-state index in [0.29, 0.717) is 6.54 Å². The summed E-state index contributed by atoms with van der Waals surface area (Å²) in [5, 5.41) is 5.17. The zero-order valence-corrected chi connectivity index (χ0v) is 12.0. The van der Waals surface area contributed by atoms with Gasteiger partial charge in [0.2, 0.25) is 0 Å². The zero-order valence-electron chi connectivity index (χ0n) is 12.0. The van der Waals surface area contributed by atoms with E-state index >= 15 is 0 Å². The number of benzene rings is 3. The minimum absolute atomic E-state index is 0.267. The summed E-state index contributed by atoms with van der Waals surface area (Å²) in [5.74, 6) is 5.21. The maximum atomic E-state index is 11.8. The third kappa shape index (κ3) is 3.34. The summed E-state index contributed by atoms with van der Waals surface area (Å²) in [4.78, 5) is 11.8. The maximum Gasteiger partial charge on any atom is 0.296 e. The summed E-state index contributed by atoms with van der Waals surface area (Å²) < 4.78 is 0. The van der Waals surface area contributed by atoms with E-state index in [1.807, 2.05) is 54.6 Å². The molecule has 1 N–H and O–H groups in total. The highest BCUT2D eigenvalue weighted by molar-refractivity contribution is 5.94. The SMILES string of the molecule is O=C(C#Cc1ccccc1)NCc1cccc2ccccc12. The first-order valence-corrected chi connectivity index (χ1v) is 7.14. The topological polar surface area (TPSA) is 29.1 Å². The molecule has 0 unspecified atom stereocenters. The van der Waals surface area contributed by atoms with Crippen LogP contribution in [0.25, 0.3) is 10.8 Å². The van der Waals surface area contributed by atoms with E-state index in [9.17, 15) is 4.79 Å². The van der Waals surface area contributed by atoms with E-state index in [-0.39, 0.29) is 5.91 Å². The number of nitrogens with one attached hydrogen (secondary N) is 1. The van der Waals surface area contributed by atoms with Crippen molar-refractivity contribution in [1.82, 2.24) is 5.32 Å². The van der Waals surface area contributed by atoms with Crippen LogP contribution in [0.2, 0.25) is 0 Å². The van der Waals surface area contributed by atoms with E-state index in [1.54, 1.807) is 0 Å². The first-order valence-electron chi connectivity index (χ1n) is 7.14. The Bertz CT molecular complexity index is 852. The predicted molar refractivity (Wildman–Crippen MR) is 89.1 cm³/mol. The predicted octanol–water partition coefficient (Wildman–Crippen LogP) is 3.51. The highest BCUT2D eigenvalue weighted by atomic mass is 16.1. The van der Waals surface area contributed by atoms with Gasteiger partial charge in [0.1, 0.15) is 0 Å². The normalized spacial score (nSPS) is 9.82. The molecule has 3 rings (SSSR count). The minimum Gasteiger partial charge on any atom is -0.341 e. The van der Waals surface area contributed by atoms with Crippen LogP contribution >= 0.6 is 0 Å². The Kier molecular flexibility index (Phi) is 4.17. The van der Waals surface area contributed by atoms with Gasteiger partial charge in [0.05, 0.1) is 0 Å². The average molecular weight is 285 g/mol. The van der Waals surface area contributed by atoms with E-state index in [4.69, 9.17) is 0 Å².